The molecule has 150 valence electrons. The molecular weight excluding hydrogens is 372 g/mol. The molecule has 1 aromatic carbocycles. The molecule has 1 aromatic rings. The van der Waals surface area contributed by atoms with Crippen molar-refractivity contribution in [3.8, 4) is 0 Å². The van der Waals surface area contributed by atoms with Gasteiger partial charge in [-0.3, -0.25) is 0 Å². The van der Waals surface area contributed by atoms with Crippen LogP contribution in [-0.4, -0.2) is 41.1 Å². The van der Waals surface area contributed by atoms with Gasteiger partial charge >= 0.3 is 11.9 Å². The summed E-state index contributed by atoms with van der Waals surface area (Å²) < 4.78 is 36.2. The molecular formula is C18H26N2O6S. The van der Waals surface area contributed by atoms with Crippen molar-refractivity contribution in [2.75, 3.05) is 26.1 Å². The average molecular weight is 398 g/mol. The molecule has 8 nitrogen and oxygen atoms in total. The van der Waals surface area contributed by atoms with Crippen LogP contribution in [0.25, 0.3) is 0 Å². The van der Waals surface area contributed by atoms with Gasteiger partial charge in [0.2, 0.25) is 10.0 Å². The molecule has 0 saturated heterocycles. The first kappa shape index (κ1) is 22.7. The van der Waals surface area contributed by atoms with E-state index < -0.39 is 22.0 Å². The number of nitrogens with one attached hydrogen (secondary N) is 2. The Balaban J connectivity index is 2.80. The number of ether oxygens (including phenoxy) is 2. The number of carbonyl (C=O) groups is 2. The maximum Gasteiger partial charge on any atom is 0.354 e. The minimum atomic E-state index is -3.59. The Morgan fingerprint density at radius 3 is 2.26 bits per heavy atom. The topological polar surface area (TPSA) is 111 Å². The second kappa shape index (κ2) is 11.3. The number of benzene rings is 1. The van der Waals surface area contributed by atoms with Gasteiger partial charge in [-0.05, 0) is 30.7 Å². The van der Waals surface area contributed by atoms with Gasteiger partial charge in [-0.15, -0.1) is 0 Å². The highest BCUT2D eigenvalue weighted by Gasteiger charge is 2.15. The monoisotopic (exact) mass is 398 g/mol. The predicted octanol–water partition coefficient (Wildman–Crippen LogP) is 2.19. The first-order valence-electron chi connectivity index (χ1n) is 8.58. The van der Waals surface area contributed by atoms with Crippen LogP contribution in [0.2, 0.25) is 0 Å². The van der Waals surface area contributed by atoms with E-state index in [9.17, 15) is 18.0 Å². The highest BCUT2D eigenvalue weighted by Crippen LogP contribution is 2.16. The number of anilines is 1. The number of esters is 2. The molecule has 0 atom stereocenters. The Hall–Kier alpha value is -2.39. The van der Waals surface area contributed by atoms with E-state index in [1.807, 2.05) is 0 Å². The molecule has 1 rings (SSSR count). The molecule has 0 bridgehead atoms. The molecule has 0 aromatic heterocycles. The van der Waals surface area contributed by atoms with Crippen molar-refractivity contribution in [1.29, 1.82) is 0 Å². The molecule has 9 heteroatoms. The van der Waals surface area contributed by atoms with E-state index in [-0.39, 0.29) is 10.6 Å². The second-order valence-electron chi connectivity index (χ2n) is 5.68. The van der Waals surface area contributed by atoms with Crippen LogP contribution < -0.4 is 10.0 Å². The standard InChI is InChI=1S/C18H26N2O6S/c1-4-5-6-7-12-19-27(23,24)15-10-8-14(9-11-15)20-16(18(22)26-3)13-17(21)25-2/h8-11,13,19-20H,4-7,12H2,1-3H3/b16-13+. The molecule has 0 fully saturated rings. The summed E-state index contributed by atoms with van der Waals surface area (Å²) >= 11 is 0. The molecule has 0 heterocycles. The summed E-state index contributed by atoms with van der Waals surface area (Å²) in [6.45, 7) is 2.47. The van der Waals surface area contributed by atoms with Crippen LogP contribution in [0, 0.1) is 0 Å². The zero-order valence-corrected chi connectivity index (χ0v) is 16.6. The summed E-state index contributed by atoms with van der Waals surface area (Å²) in [6.07, 6.45) is 4.87. The van der Waals surface area contributed by atoms with Crippen LogP contribution in [0.1, 0.15) is 32.6 Å². The van der Waals surface area contributed by atoms with Gasteiger partial charge < -0.3 is 14.8 Å². The van der Waals surface area contributed by atoms with Crippen molar-refractivity contribution in [3.05, 3.63) is 36.0 Å². The predicted molar refractivity (Wildman–Crippen MR) is 102 cm³/mol. The van der Waals surface area contributed by atoms with Crippen LogP contribution in [-0.2, 0) is 29.1 Å². The van der Waals surface area contributed by atoms with Crippen LogP contribution in [0.3, 0.4) is 0 Å². The Bertz CT molecular complexity index is 757. The van der Waals surface area contributed by atoms with Crippen molar-refractivity contribution >= 4 is 27.6 Å². The lowest BCUT2D eigenvalue weighted by Crippen LogP contribution is -2.24. The third-order valence-corrected chi connectivity index (χ3v) is 5.11. The third kappa shape index (κ3) is 7.79. The fraction of sp³-hybridized carbons (Fsp3) is 0.444. The van der Waals surface area contributed by atoms with E-state index in [0.717, 1.165) is 31.8 Å². The summed E-state index contributed by atoms with van der Waals surface area (Å²) in [5, 5.41) is 2.71. The van der Waals surface area contributed by atoms with Gasteiger partial charge in [0.05, 0.1) is 25.2 Å². The first-order chi connectivity index (χ1) is 12.8. The van der Waals surface area contributed by atoms with E-state index in [0.29, 0.717) is 12.2 Å². The third-order valence-electron chi connectivity index (χ3n) is 3.63. The van der Waals surface area contributed by atoms with Crippen molar-refractivity contribution in [2.24, 2.45) is 0 Å². The minimum absolute atomic E-state index is 0.111. The lowest BCUT2D eigenvalue weighted by Gasteiger charge is -2.10. The smallest absolute Gasteiger partial charge is 0.354 e. The molecule has 0 amide bonds. The molecule has 0 saturated carbocycles. The summed E-state index contributed by atoms with van der Waals surface area (Å²) in [7, 11) is -1.23. The lowest BCUT2D eigenvalue weighted by molar-refractivity contribution is -0.138. The fourth-order valence-corrected chi connectivity index (χ4v) is 3.22. The minimum Gasteiger partial charge on any atom is -0.466 e. The van der Waals surface area contributed by atoms with Crippen molar-refractivity contribution in [2.45, 2.75) is 37.5 Å². The number of unbranched alkanes of at least 4 members (excludes halogenated alkanes) is 3. The highest BCUT2D eigenvalue weighted by atomic mass is 32.2. The number of carbonyl (C=O) groups excluding carboxylic acids is 2. The number of hydrogen-bond acceptors (Lipinski definition) is 7. The van der Waals surface area contributed by atoms with Crippen molar-refractivity contribution < 1.29 is 27.5 Å². The maximum atomic E-state index is 12.3. The normalized spacial score (nSPS) is 11.7. The Morgan fingerprint density at radius 1 is 1.04 bits per heavy atom. The Morgan fingerprint density at radius 2 is 1.70 bits per heavy atom. The summed E-state index contributed by atoms with van der Waals surface area (Å²) in [4.78, 5) is 23.2. The molecule has 0 aliphatic rings. The van der Waals surface area contributed by atoms with Gasteiger partial charge in [-0.25, -0.2) is 22.7 Å². The van der Waals surface area contributed by atoms with E-state index in [1.165, 1.54) is 38.5 Å². The van der Waals surface area contributed by atoms with Crippen LogP contribution in [0.15, 0.2) is 40.9 Å². The molecule has 0 unspecified atom stereocenters. The molecule has 0 aliphatic carbocycles. The summed E-state index contributed by atoms with van der Waals surface area (Å²) in [6, 6.07) is 5.78. The molecule has 0 aliphatic heterocycles. The van der Waals surface area contributed by atoms with Crippen LogP contribution in [0.5, 0.6) is 0 Å². The number of methoxy groups -OCH3 is 2. The quantitative estimate of drug-likeness (QED) is 0.334. The van der Waals surface area contributed by atoms with Gasteiger partial charge in [0.15, 0.2) is 0 Å². The fourth-order valence-electron chi connectivity index (χ4n) is 2.15. The summed E-state index contributed by atoms with van der Waals surface area (Å²) in [5.41, 5.74) is 0.284. The van der Waals surface area contributed by atoms with E-state index in [2.05, 4.69) is 26.4 Å². The van der Waals surface area contributed by atoms with Gasteiger partial charge in [-0.1, -0.05) is 26.2 Å². The zero-order valence-electron chi connectivity index (χ0n) is 15.8. The van der Waals surface area contributed by atoms with Crippen LogP contribution >= 0.6 is 0 Å². The molecule has 0 radical (unpaired) electrons. The van der Waals surface area contributed by atoms with Gasteiger partial charge in [-0.2, -0.15) is 0 Å². The van der Waals surface area contributed by atoms with Crippen LogP contribution in [0.4, 0.5) is 5.69 Å². The molecule has 27 heavy (non-hydrogen) atoms. The Labute approximate surface area is 160 Å². The number of sulfonamides is 1. The second-order valence-corrected chi connectivity index (χ2v) is 7.45. The largest absolute Gasteiger partial charge is 0.466 e. The Kier molecular flexibility index (Phi) is 9.52. The lowest BCUT2D eigenvalue weighted by atomic mass is 10.2. The molecule has 2 N–H and O–H groups in total. The summed E-state index contributed by atoms with van der Waals surface area (Å²) in [5.74, 6) is -1.49. The maximum absolute atomic E-state index is 12.3. The SMILES string of the molecule is CCCCCCNS(=O)(=O)c1ccc(N/C(=C/C(=O)OC)C(=O)OC)cc1. The zero-order chi connectivity index (χ0) is 20.3. The number of rotatable bonds is 11. The highest BCUT2D eigenvalue weighted by molar-refractivity contribution is 7.89. The van der Waals surface area contributed by atoms with Crippen molar-refractivity contribution in [1.82, 2.24) is 4.72 Å². The van der Waals surface area contributed by atoms with Gasteiger partial charge in [0, 0.05) is 12.2 Å². The van der Waals surface area contributed by atoms with Gasteiger partial charge in [0.25, 0.3) is 0 Å². The number of hydrogen-bond donors (Lipinski definition) is 2. The average Bonchev–Trinajstić information content (AvgIpc) is 2.66. The van der Waals surface area contributed by atoms with E-state index in [1.54, 1.807) is 0 Å². The first-order valence-corrected chi connectivity index (χ1v) is 10.1. The molecule has 0 spiro atoms. The van der Waals surface area contributed by atoms with Gasteiger partial charge in [0.1, 0.15) is 5.70 Å². The van der Waals surface area contributed by atoms with E-state index in [4.69, 9.17) is 0 Å². The van der Waals surface area contributed by atoms with E-state index >= 15 is 0 Å². The van der Waals surface area contributed by atoms with Crippen molar-refractivity contribution in [3.63, 3.8) is 0 Å².